The topological polar surface area (TPSA) is 100 Å². The highest BCUT2D eigenvalue weighted by atomic mass is 28.3. The minimum atomic E-state index is -1.35. The molecule has 1 heterocycles. The number of nitrogens with zero attached hydrogens (tertiary/aromatic N) is 2. The summed E-state index contributed by atoms with van der Waals surface area (Å²) in [5.41, 5.74) is -1.35. The van der Waals surface area contributed by atoms with Gasteiger partial charge in [0.15, 0.2) is 0 Å². The number of aliphatic imine (C=N–C) groups is 2. The number of carboxylic acid groups (broad SMARTS) is 1. The van der Waals surface area contributed by atoms with Crippen LogP contribution in [0.3, 0.4) is 0 Å². The molecule has 0 aromatic rings. The fraction of sp³-hybridized carbons (Fsp3) is 0.789. The summed E-state index contributed by atoms with van der Waals surface area (Å²) in [5.74, 6) is 0.0484. The molecule has 1 aliphatic carbocycles. The van der Waals surface area contributed by atoms with E-state index in [1.54, 1.807) is 0 Å². The van der Waals surface area contributed by atoms with E-state index in [0.29, 0.717) is 18.9 Å². The second-order valence-corrected chi connectivity index (χ2v) is 14.5. The second-order valence-electron chi connectivity index (χ2n) is 8.84. The number of hydrogen-bond donors (Lipinski definition) is 2. The van der Waals surface area contributed by atoms with Gasteiger partial charge in [-0.3, -0.25) is 14.8 Å². The summed E-state index contributed by atoms with van der Waals surface area (Å²) in [5, 5.41) is 11.6. The summed E-state index contributed by atoms with van der Waals surface area (Å²) in [6.07, 6.45) is 7.88. The molecule has 1 atom stereocenters. The third-order valence-electron chi connectivity index (χ3n) is 5.25. The largest absolute Gasteiger partial charge is 0.465 e. The van der Waals surface area contributed by atoms with Crippen LogP contribution in [0, 0.1) is 5.92 Å². The van der Waals surface area contributed by atoms with Crippen LogP contribution in [-0.2, 0) is 9.53 Å². The predicted molar refractivity (Wildman–Crippen MR) is 110 cm³/mol. The lowest BCUT2D eigenvalue weighted by Crippen LogP contribution is -2.52. The van der Waals surface area contributed by atoms with E-state index in [1.165, 1.54) is 18.9 Å². The number of amides is 1. The van der Waals surface area contributed by atoms with Crippen LogP contribution in [0.4, 0.5) is 4.79 Å². The lowest BCUT2D eigenvalue weighted by atomic mass is 9.82. The van der Waals surface area contributed by atoms with Crippen LogP contribution in [-0.4, -0.2) is 62.4 Å². The quantitative estimate of drug-likeness (QED) is 0.437. The Kier molecular flexibility index (Phi) is 7.73. The fourth-order valence-corrected chi connectivity index (χ4v) is 4.38. The first-order valence-corrected chi connectivity index (χ1v) is 13.6. The van der Waals surface area contributed by atoms with Crippen molar-refractivity contribution in [2.45, 2.75) is 75.9 Å². The number of ether oxygens (including phenoxy) is 1. The molecule has 1 saturated carbocycles. The molecule has 1 amide bonds. The lowest BCUT2D eigenvalue weighted by Gasteiger charge is -2.30. The van der Waals surface area contributed by atoms with Crippen LogP contribution in [0.15, 0.2) is 9.98 Å². The Morgan fingerprint density at radius 1 is 1.22 bits per heavy atom. The van der Waals surface area contributed by atoms with Gasteiger partial charge < -0.3 is 15.2 Å². The summed E-state index contributed by atoms with van der Waals surface area (Å²) >= 11 is 0. The van der Waals surface area contributed by atoms with Crippen LogP contribution in [0.2, 0.25) is 25.7 Å². The average Bonchev–Trinajstić information content (AvgIpc) is 3.07. The van der Waals surface area contributed by atoms with Crippen LogP contribution in [0.25, 0.3) is 0 Å². The zero-order valence-electron chi connectivity index (χ0n) is 16.7. The van der Waals surface area contributed by atoms with Crippen LogP contribution >= 0.6 is 0 Å². The standard InChI is InChI=1S/C19H33N3O4Si/c1-27(2,3)12-11-26-14-19(20-9-10-21-19)17(23)16(22-18(24)25)13-15-7-5-4-6-8-15/h9-10,15-16,22H,4-8,11-14H2,1-3H3,(H,24,25). The molecule has 1 fully saturated rings. The van der Waals surface area contributed by atoms with Crippen molar-refractivity contribution >= 4 is 32.4 Å². The van der Waals surface area contributed by atoms with Gasteiger partial charge in [0.1, 0.15) is 0 Å². The maximum atomic E-state index is 13.2. The molecule has 0 radical (unpaired) electrons. The summed E-state index contributed by atoms with van der Waals surface area (Å²) < 4.78 is 5.77. The predicted octanol–water partition coefficient (Wildman–Crippen LogP) is 3.37. The van der Waals surface area contributed by atoms with Crippen LogP contribution in [0.5, 0.6) is 0 Å². The molecule has 1 aliphatic heterocycles. The Balaban J connectivity index is 2.04. The van der Waals surface area contributed by atoms with E-state index in [9.17, 15) is 14.7 Å². The third-order valence-corrected chi connectivity index (χ3v) is 6.95. The number of rotatable bonds is 10. The number of carbonyl (C=O) groups is 2. The van der Waals surface area contributed by atoms with Crippen molar-refractivity contribution in [2.75, 3.05) is 13.2 Å². The van der Waals surface area contributed by atoms with Gasteiger partial charge in [-0.1, -0.05) is 51.7 Å². The third kappa shape index (κ3) is 6.84. The van der Waals surface area contributed by atoms with Gasteiger partial charge in [0.25, 0.3) is 0 Å². The van der Waals surface area contributed by atoms with Gasteiger partial charge in [-0.15, -0.1) is 0 Å². The van der Waals surface area contributed by atoms with E-state index in [4.69, 9.17) is 4.74 Å². The molecule has 2 aliphatic rings. The van der Waals surface area contributed by atoms with E-state index in [-0.39, 0.29) is 12.4 Å². The van der Waals surface area contributed by atoms with E-state index in [2.05, 4.69) is 34.9 Å². The molecule has 0 aromatic carbocycles. The van der Waals surface area contributed by atoms with Gasteiger partial charge in [0.05, 0.1) is 12.6 Å². The number of carbonyl (C=O) groups excluding carboxylic acids is 1. The maximum Gasteiger partial charge on any atom is 0.405 e. The molecule has 1 unspecified atom stereocenters. The molecule has 7 nitrogen and oxygen atoms in total. The minimum Gasteiger partial charge on any atom is -0.465 e. The Labute approximate surface area is 162 Å². The van der Waals surface area contributed by atoms with Crippen molar-refractivity contribution in [2.24, 2.45) is 15.9 Å². The normalized spacial score (nSPS) is 20.6. The number of hydrogen-bond acceptors (Lipinski definition) is 5. The van der Waals surface area contributed by atoms with Crippen molar-refractivity contribution in [3.63, 3.8) is 0 Å². The lowest BCUT2D eigenvalue weighted by molar-refractivity contribution is -0.128. The zero-order chi connectivity index (χ0) is 19.9. The number of Topliss-reactive ketones (excluding diaryl/α,β-unsaturated/α-hetero) is 1. The van der Waals surface area contributed by atoms with E-state index < -0.39 is 25.9 Å². The number of nitrogens with one attached hydrogen (secondary N) is 1. The van der Waals surface area contributed by atoms with Gasteiger partial charge in [0, 0.05) is 27.1 Å². The van der Waals surface area contributed by atoms with E-state index in [0.717, 1.165) is 31.7 Å². The first kappa shape index (κ1) is 21.8. The average molecular weight is 396 g/mol. The summed E-state index contributed by atoms with van der Waals surface area (Å²) in [7, 11) is -1.24. The zero-order valence-corrected chi connectivity index (χ0v) is 17.7. The molecule has 2 rings (SSSR count). The summed E-state index contributed by atoms with van der Waals surface area (Å²) in [6, 6.07) is 0.183. The van der Waals surface area contributed by atoms with Crippen molar-refractivity contribution in [1.82, 2.24) is 5.32 Å². The fourth-order valence-electron chi connectivity index (χ4n) is 3.63. The van der Waals surface area contributed by atoms with Gasteiger partial charge in [0.2, 0.25) is 11.4 Å². The summed E-state index contributed by atoms with van der Waals surface area (Å²) in [4.78, 5) is 33.1. The molecule has 8 heteroatoms. The summed E-state index contributed by atoms with van der Waals surface area (Å²) in [6.45, 7) is 7.42. The van der Waals surface area contributed by atoms with Crippen LogP contribution in [0.1, 0.15) is 38.5 Å². The van der Waals surface area contributed by atoms with E-state index >= 15 is 0 Å². The van der Waals surface area contributed by atoms with Crippen molar-refractivity contribution < 1.29 is 19.4 Å². The first-order valence-electron chi connectivity index (χ1n) is 9.92. The smallest absolute Gasteiger partial charge is 0.405 e. The van der Waals surface area contributed by atoms with Crippen molar-refractivity contribution in [3.8, 4) is 0 Å². The molecule has 0 spiro atoms. The van der Waals surface area contributed by atoms with Gasteiger partial charge in [-0.2, -0.15) is 0 Å². The molecule has 27 heavy (non-hydrogen) atoms. The molecular formula is C19H33N3O4Si. The van der Waals surface area contributed by atoms with Crippen molar-refractivity contribution in [1.29, 1.82) is 0 Å². The Hall–Kier alpha value is -1.54. The second kappa shape index (κ2) is 9.59. The molecule has 152 valence electrons. The Bertz CT molecular complexity index is 568. The molecule has 2 N–H and O–H groups in total. The molecule has 0 aromatic heterocycles. The Morgan fingerprint density at radius 2 is 1.85 bits per heavy atom. The minimum absolute atomic E-state index is 0.0613. The highest BCUT2D eigenvalue weighted by Gasteiger charge is 2.44. The van der Waals surface area contributed by atoms with Gasteiger partial charge in [-0.25, -0.2) is 4.79 Å². The first-order chi connectivity index (χ1) is 12.7. The highest BCUT2D eigenvalue weighted by Crippen LogP contribution is 2.30. The Morgan fingerprint density at radius 3 is 2.41 bits per heavy atom. The maximum absolute atomic E-state index is 13.2. The highest BCUT2D eigenvalue weighted by molar-refractivity contribution is 6.76. The van der Waals surface area contributed by atoms with Gasteiger partial charge >= 0.3 is 6.09 Å². The van der Waals surface area contributed by atoms with Crippen LogP contribution < -0.4 is 5.32 Å². The van der Waals surface area contributed by atoms with Crippen molar-refractivity contribution in [3.05, 3.63) is 0 Å². The number of ketones is 1. The van der Waals surface area contributed by atoms with Gasteiger partial charge in [-0.05, 0) is 18.4 Å². The molecule has 0 saturated heterocycles. The SMILES string of the molecule is C[Si](C)(C)CCOCC1(C(=O)C(CC2CCCCC2)NC(=O)O)N=CC=N1. The van der Waals surface area contributed by atoms with E-state index in [1.807, 2.05) is 0 Å². The molecule has 0 bridgehead atoms. The molecular weight excluding hydrogens is 362 g/mol. The monoisotopic (exact) mass is 395 g/mol.